The first-order valence-corrected chi connectivity index (χ1v) is 9.60. The number of hydrogen-bond donors (Lipinski definition) is 1. The normalized spacial score (nSPS) is 11.5. The van der Waals surface area contributed by atoms with Crippen molar-refractivity contribution in [2.45, 2.75) is 6.54 Å². The quantitative estimate of drug-likeness (QED) is 0.494. The molecule has 6 nitrogen and oxygen atoms in total. The summed E-state index contributed by atoms with van der Waals surface area (Å²) in [6, 6.07) is 7.36. The van der Waals surface area contributed by atoms with Crippen molar-refractivity contribution in [2.75, 3.05) is 0 Å². The first-order valence-electron chi connectivity index (χ1n) is 7.96. The molecule has 1 N–H and O–H groups in total. The highest BCUT2D eigenvalue weighted by Gasteiger charge is 2.09. The zero-order valence-electron chi connectivity index (χ0n) is 13.8. The van der Waals surface area contributed by atoms with Crippen LogP contribution < -0.4 is 5.32 Å². The molecule has 0 radical (unpaired) electrons. The molecular weight excluding hydrogens is 405 g/mol. The molecule has 0 aliphatic rings. The maximum absolute atomic E-state index is 12.1. The van der Waals surface area contributed by atoms with Gasteiger partial charge >= 0.3 is 0 Å². The number of imidazole rings is 1. The summed E-state index contributed by atoms with van der Waals surface area (Å²) in [6.07, 6.45) is 8.52. The number of aromatic nitrogens is 4. The van der Waals surface area contributed by atoms with Crippen LogP contribution in [0.1, 0.15) is 11.3 Å². The minimum absolute atomic E-state index is 0.226. The van der Waals surface area contributed by atoms with E-state index in [-0.39, 0.29) is 5.91 Å². The predicted octanol–water partition coefficient (Wildman–Crippen LogP) is 4.22. The summed E-state index contributed by atoms with van der Waals surface area (Å²) in [7, 11) is 0. The average Bonchev–Trinajstić information content (AvgIpc) is 3.36. The van der Waals surface area contributed by atoms with Crippen LogP contribution in [0, 0.1) is 0 Å². The number of rotatable bonds is 5. The van der Waals surface area contributed by atoms with Crippen LogP contribution in [0.3, 0.4) is 0 Å². The van der Waals surface area contributed by atoms with Gasteiger partial charge in [0.2, 0.25) is 5.91 Å². The van der Waals surface area contributed by atoms with Crippen molar-refractivity contribution in [1.29, 1.82) is 0 Å². The molecule has 3 aromatic heterocycles. The van der Waals surface area contributed by atoms with E-state index in [1.807, 2.05) is 34.3 Å². The highest BCUT2D eigenvalue weighted by Crippen LogP contribution is 2.22. The van der Waals surface area contributed by atoms with Crippen molar-refractivity contribution in [2.24, 2.45) is 0 Å². The Balaban J connectivity index is 1.39. The van der Waals surface area contributed by atoms with E-state index in [0.29, 0.717) is 22.4 Å². The second kappa shape index (κ2) is 7.56. The summed E-state index contributed by atoms with van der Waals surface area (Å²) in [5, 5.41) is 10.1. The van der Waals surface area contributed by atoms with Gasteiger partial charge in [-0.15, -0.1) is 11.3 Å². The van der Waals surface area contributed by atoms with Crippen LogP contribution in [0.15, 0.2) is 54.3 Å². The Labute approximate surface area is 168 Å². The van der Waals surface area contributed by atoms with E-state index in [1.54, 1.807) is 29.1 Å². The molecule has 0 bridgehead atoms. The first-order chi connectivity index (χ1) is 13.1. The van der Waals surface area contributed by atoms with Gasteiger partial charge < -0.3 is 5.32 Å². The number of amides is 1. The van der Waals surface area contributed by atoms with Gasteiger partial charge in [0.05, 0.1) is 17.6 Å². The maximum atomic E-state index is 12.1. The number of carbonyl (C=O) groups is 1. The largest absolute Gasteiger partial charge is 0.348 e. The molecule has 0 saturated carbocycles. The summed E-state index contributed by atoms with van der Waals surface area (Å²) in [6.45, 7) is 0.366. The fraction of sp³-hybridized carbons (Fsp3) is 0.0556. The first kappa shape index (κ1) is 17.8. The van der Waals surface area contributed by atoms with Gasteiger partial charge in [-0.2, -0.15) is 5.10 Å². The zero-order chi connectivity index (χ0) is 18.8. The molecule has 4 rings (SSSR count). The lowest BCUT2D eigenvalue weighted by Gasteiger charge is -2.01. The van der Waals surface area contributed by atoms with Crippen molar-refractivity contribution >= 4 is 51.5 Å². The van der Waals surface area contributed by atoms with E-state index in [2.05, 4.69) is 15.4 Å². The molecule has 0 atom stereocenters. The third-order valence-corrected chi connectivity index (χ3v) is 5.13. The van der Waals surface area contributed by atoms with Crippen LogP contribution in [0.4, 0.5) is 0 Å². The van der Waals surface area contributed by atoms with E-state index >= 15 is 0 Å². The van der Waals surface area contributed by atoms with Crippen LogP contribution in [-0.2, 0) is 11.3 Å². The molecule has 0 unspecified atom stereocenters. The van der Waals surface area contributed by atoms with Crippen molar-refractivity contribution in [3.63, 3.8) is 0 Å². The fourth-order valence-corrected chi connectivity index (χ4v) is 3.65. The van der Waals surface area contributed by atoms with Gasteiger partial charge in [-0.1, -0.05) is 23.2 Å². The number of nitrogens with zero attached hydrogens (tertiary/aromatic N) is 4. The zero-order valence-corrected chi connectivity index (χ0v) is 16.2. The van der Waals surface area contributed by atoms with E-state index in [1.165, 1.54) is 17.4 Å². The maximum Gasteiger partial charge on any atom is 0.244 e. The number of fused-ring (bicyclic) bond motifs is 1. The highest BCUT2D eigenvalue weighted by atomic mass is 35.5. The van der Waals surface area contributed by atoms with Gasteiger partial charge in [0.15, 0.2) is 10.1 Å². The van der Waals surface area contributed by atoms with E-state index in [4.69, 9.17) is 23.2 Å². The van der Waals surface area contributed by atoms with Crippen LogP contribution in [0.5, 0.6) is 0 Å². The van der Waals surface area contributed by atoms with Crippen molar-refractivity contribution in [1.82, 2.24) is 24.5 Å². The molecule has 0 fully saturated rings. The lowest BCUT2D eigenvalue weighted by atomic mass is 10.3. The fourth-order valence-electron chi connectivity index (χ4n) is 2.52. The van der Waals surface area contributed by atoms with Crippen molar-refractivity contribution in [3.05, 3.63) is 75.7 Å². The third-order valence-electron chi connectivity index (χ3n) is 3.84. The summed E-state index contributed by atoms with van der Waals surface area (Å²) in [5.74, 6) is -0.226. The third kappa shape index (κ3) is 3.90. The number of thiazole rings is 1. The Morgan fingerprint density at radius 1 is 1.26 bits per heavy atom. The minimum atomic E-state index is -0.226. The Bertz CT molecular complexity index is 1130. The second-order valence-electron chi connectivity index (χ2n) is 5.66. The Morgan fingerprint density at radius 2 is 2.07 bits per heavy atom. The lowest BCUT2D eigenvalue weighted by Crippen LogP contribution is -2.19. The minimum Gasteiger partial charge on any atom is -0.348 e. The molecule has 0 spiro atoms. The molecule has 4 aromatic rings. The number of hydrogen-bond acceptors (Lipinski definition) is 4. The van der Waals surface area contributed by atoms with Crippen LogP contribution in [-0.4, -0.2) is 25.1 Å². The number of carbonyl (C=O) groups excluding carboxylic acids is 1. The molecular formula is C18H13Cl2N5OS. The van der Waals surface area contributed by atoms with Crippen LogP contribution in [0.2, 0.25) is 10.2 Å². The van der Waals surface area contributed by atoms with Crippen LogP contribution >= 0.6 is 34.5 Å². The van der Waals surface area contributed by atoms with Crippen molar-refractivity contribution < 1.29 is 4.79 Å². The molecule has 136 valence electrons. The van der Waals surface area contributed by atoms with Gasteiger partial charge in [0, 0.05) is 41.0 Å². The summed E-state index contributed by atoms with van der Waals surface area (Å²) in [4.78, 5) is 17.1. The Morgan fingerprint density at radius 3 is 2.89 bits per heavy atom. The van der Waals surface area contributed by atoms with Gasteiger partial charge in [-0.05, 0) is 30.3 Å². The molecule has 9 heteroatoms. The molecule has 0 aliphatic heterocycles. The van der Waals surface area contributed by atoms with Gasteiger partial charge in [-0.3, -0.25) is 9.20 Å². The highest BCUT2D eigenvalue weighted by molar-refractivity contribution is 7.15. The monoisotopic (exact) mass is 417 g/mol. The molecule has 1 amide bonds. The summed E-state index contributed by atoms with van der Waals surface area (Å²) < 4.78 is 3.57. The molecule has 1 aromatic carbocycles. The Hall–Kier alpha value is -2.61. The van der Waals surface area contributed by atoms with E-state index in [9.17, 15) is 4.79 Å². The summed E-state index contributed by atoms with van der Waals surface area (Å²) >= 11 is 13.5. The summed E-state index contributed by atoms with van der Waals surface area (Å²) in [5.41, 5.74) is 2.46. The molecule has 0 aliphatic carbocycles. The molecule has 3 heterocycles. The van der Waals surface area contributed by atoms with Gasteiger partial charge in [-0.25, -0.2) is 9.67 Å². The standard InChI is InChI=1S/C18H13Cl2N5OS/c19-13-1-3-14(4-2-13)25-11-12(10-22-25)9-21-16(26)6-5-15-17(20)23-18-24(15)7-8-27-18/h1-8,10-11H,9H2,(H,21,26). The lowest BCUT2D eigenvalue weighted by molar-refractivity contribution is -0.116. The van der Waals surface area contributed by atoms with Gasteiger partial charge in [0.25, 0.3) is 0 Å². The second-order valence-corrected chi connectivity index (χ2v) is 7.33. The van der Waals surface area contributed by atoms with E-state index < -0.39 is 0 Å². The van der Waals surface area contributed by atoms with Crippen molar-refractivity contribution in [3.8, 4) is 5.69 Å². The number of benzene rings is 1. The van der Waals surface area contributed by atoms with E-state index in [0.717, 1.165) is 16.2 Å². The van der Waals surface area contributed by atoms with Gasteiger partial charge in [0.1, 0.15) is 0 Å². The average molecular weight is 418 g/mol. The SMILES string of the molecule is O=C(C=Cc1c(Cl)nc2sccn12)NCc1cnn(-c2ccc(Cl)cc2)c1. The topological polar surface area (TPSA) is 64.2 Å². The predicted molar refractivity (Wildman–Crippen MR) is 108 cm³/mol. The van der Waals surface area contributed by atoms with Crippen LogP contribution in [0.25, 0.3) is 16.7 Å². The molecule has 0 saturated heterocycles. The Kier molecular flexibility index (Phi) is 4.98. The smallest absolute Gasteiger partial charge is 0.244 e. The number of nitrogens with one attached hydrogen (secondary N) is 1. The number of halogens is 2. The molecule has 27 heavy (non-hydrogen) atoms.